The molecule has 3 heterocycles. The van der Waals surface area contributed by atoms with Gasteiger partial charge in [0.25, 0.3) is 5.91 Å². The van der Waals surface area contributed by atoms with Crippen LogP contribution in [0.5, 0.6) is 0 Å². The molecule has 12 heteroatoms. The summed E-state index contributed by atoms with van der Waals surface area (Å²) >= 11 is 2.70. The van der Waals surface area contributed by atoms with E-state index >= 15 is 0 Å². The van der Waals surface area contributed by atoms with Crippen molar-refractivity contribution in [1.82, 2.24) is 9.88 Å². The number of thiazole rings is 1. The first kappa shape index (κ1) is 26.6. The second-order valence-electron chi connectivity index (χ2n) is 9.26. The van der Waals surface area contributed by atoms with Gasteiger partial charge in [0, 0.05) is 35.1 Å². The smallest absolute Gasteiger partial charge is 0.313 e. The molecule has 1 aliphatic rings. The van der Waals surface area contributed by atoms with Crippen LogP contribution in [0.4, 0.5) is 31.3 Å². The Balaban J connectivity index is 1.59. The van der Waals surface area contributed by atoms with Crippen molar-refractivity contribution < 1.29 is 31.1 Å². The van der Waals surface area contributed by atoms with Gasteiger partial charge in [0.15, 0.2) is 0 Å². The maximum Gasteiger partial charge on any atom is 0.416 e. The van der Waals surface area contributed by atoms with E-state index < -0.39 is 35.0 Å². The van der Waals surface area contributed by atoms with E-state index in [-0.39, 0.29) is 12.1 Å². The third kappa shape index (κ3) is 5.16. The molecular formula is C26H21F6N3OS2. The first-order chi connectivity index (χ1) is 17.8. The number of para-hydroxylation sites is 1. The highest BCUT2D eigenvalue weighted by molar-refractivity contribution is 7.23. The van der Waals surface area contributed by atoms with Crippen LogP contribution in [-0.4, -0.2) is 28.4 Å². The van der Waals surface area contributed by atoms with Crippen molar-refractivity contribution in [2.45, 2.75) is 45.2 Å². The molecular weight excluding hydrogens is 548 g/mol. The van der Waals surface area contributed by atoms with Crippen molar-refractivity contribution in [2.75, 3.05) is 11.9 Å². The Kier molecular flexibility index (Phi) is 6.77. The van der Waals surface area contributed by atoms with Crippen LogP contribution < -0.4 is 5.32 Å². The number of hydrogen-bond acceptors (Lipinski definition) is 5. The average Bonchev–Trinajstić information content (AvgIpc) is 3.42. The maximum absolute atomic E-state index is 13.4. The molecule has 0 saturated carbocycles. The predicted molar refractivity (Wildman–Crippen MR) is 137 cm³/mol. The number of benzene rings is 2. The third-order valence-corrected chi connectivity index (χ3v) is 8.59. The number of nitrogens with one attached hydrogen (secondary N) is 1. The average molecular weight is 570 g/mol. The number of aromatic nitrogens is 1. The predicted octanol–water partition coefficient (Wildman–Crippen LogP) is 8.08. The fraction of sp³-hybridized carbons (Fsp3) is 0.308. The molecule has 1 amide bonds. The van der Waals surface area contributed by atoms with E-state index in [2.05, 4.69) is 24.1 Å². The number of rotatable bonds is 4. The van der Waals surface area contributed by atoms with Gasteiger partial charge in [-0.3, -0.25) is 9.69 Å². The number of alkyl halides is 6. The second-order valence-corrected chi connectivity index (χ2v) is 11.4. The van der Waals surface area contributed by atoms with E-state index in [1.54, 1.807) is 0 Å². The van der Waals surface area contributed by atoms with Crippen molar-refractivity contribution >= 4 is 43.8 Å². The molecule has 38 heavy (non-hydrogen) atoms. The Labute approximate surface area is 221 Å². The zero-order valence-electron chi connectivity index (χ0n) is 20.1. The molecule has 0 saturated heterocycles. The van der Waals surface area contributed by atoms with Crippen molar-refractivity contribution in [3.63, 3.8) is 0 Å². The summed E-state index contributed by atoms with van der Waals surface area (Å²) in [6, 6.07) is 8.66. The lowest BCUT2D eigenvalue weighted by molar-refractivity contribution is -0.143. The molecule has 0 unspecified atom stereocenters. The van der Waals surface area contributed by atoms with Crippen molar-refractivity contribution in [2.24, 2.45) is 0 Å². The van der Waals surface area contributed by atoms with Crippen LogP contribution in [0.3, 0.4) is 0 Å². The molecule has 4 aromatic rings. The van der Waals surface area contributed by atoms with Gasteiger partial charge >= 0.3 is 12.4 Å². The molecule has 0 bridgehead atoms. The Hall–Kier alpha value is -2.96. The standard InChI is InChI=1S/C26H21F6N3OS2/c1-13(2)35-8-7-17-20(12-35)38-24(21(17)23-33-18-5-3-4-6-19(18)37-23)34-22(36)14-9-15(25(27,28)29)11-16(10-14)26(30,31)32/h3-6,9-11,13H,7-8,12H2,1-2H3,(H,34,36). The zero-order chi connectivity index (χ0) is 27.4. The van der Waals surface area contributed by atoms with Crippen LogP contribution >= 0.6 is 22.7 Å². The molecule has 200 valence electrons. The van der Waals surface area contributed by atoms with Crippen LogP contribution in [-0.2, 0) is 25.3 Å². The highest BCUT2D eigenvalue weighted by atomic mass is 32.1. The minimum absolute atomic E-state index is 0.00762. The summed E-state index contributed by atoms with van der Waals surface area (Å²) in [4.78, 5) is 21.1. The van der Waals surface area contributed by atoms with Crippen molar-refractivity contribution in [3.05, 3.63) is 69.6 Å². The Bertz CT molecular complexity index is 1450. The Morgan fingerprint density at radius 3 is 2.26 bits per heavy atom. The first-order valence-corrected chi connectivity index (χ1v) is 13.3. The molecule has 0 radical (unpaired) electrons. The molecule has 0 spiro atoms. The van der Waals surface area contributed by atoms with Crippen LogP contribution in [0.2, 0.25) is 0 Å². The van der Waals surface area contributed by atoms with Gasteiger partial charge in [-0.05, 0) is 56.2 Å². The molecule has 2 aromatic carbocycles. The van der Waals surface area contributed by atoms with Gasteiger partial charge in [0.1, 0.15) is 10.0 Å². The Morgan fingerprint density at radius 2 is 1.66 bits per heavy atom. The monoisotopic (exact) mass is 569 g/mol. The highest BCUT2D eigenvalue weighted by Crippen LogP contribution is 2.46. The van der Waals surface area contributed by atoms with E-state index in [0.29, 0.717) is 40.7 Å². The molecule has 4 nitrogen and oxygen atoms in total. The van der Waals surface area contributed by atoms with E-state index in [4.69, 9.17) is 4.98 Å². The highest BCUT2D eigenvalue weighted by Gasteiger charge is 2.38. The molecule has 0 fully saturated rings. The summed E-state index contributed by atoms with van der Waals surface area (Å²) in [7, 11) is 0. The number of anilines is 1. The quantitative estimate of drug-likeness (QED) is 0.253. The maximum atomic E-state index is 13.4. The number of carbonyl (C=O) groups is 1. The summed E-state index contributed by atoms with van der Waals surface area (Å²) in [5.74, 6) is -1.05. The van der Waals surface area contributed by atoms with Crippen molar-refractivity contribution in [3.8, 4) is 10.6 Å². The van der Waals surface area contributed by atoms with Crippen LogP contribution in [0.25, 0.3) is 20.8 Å². The molecule has 2 aromatic heterocycles. The Morgan fingerprint density at radius 1 is 1.00 bits per heavy atom. The summed E-state index contributed by atoms with van der Waals surface area (Å²) in [6.07, 6.45) is -9.43. The molecule has 0 atom stereocenters. The van der Waals surface area contributed by atoms with E-state index in [9.17, 15) is 31.1 Å². The van der Waals surface area contributed by atoms with Gasteiger partial charge in [0.2, 0.25) is 0 Å². The number of hydrogen-bond donors (Lipinski definition) is 1. The van der Waals surface area contributed by atoms with Crippen molar-refractivity contribution in [1.29, 1.82) is 0 Å². The van der Waals surface area contributed by atoms with Gasteiger partial charge in [-0.2, -0.15) is 26.3 Å². The summed E-state index contributed by atoms with van der Waals surface area (Å²) < 4.78 is 81.1. The summed E-state index contributed by atoms with van der Waals surface area (Å²) in [6.45, 7) is 5.53. The third-order valence-electron chi connectivity index (χ3n) is 6.40. The minimum Gasteiger partial charge on any atom is -0.313 e. The lowest BCUT2D eigenvalue weighted by Gasteiger charge is -2.30. The van der Waals surface area contributed by atoms with E-state index in [0.717, 1.165) is 27.2 Å². The zero-order valence-corrected chi connectivity index (χ0v) is 21.8. The number of amides is 1. The van der Waals surface area contributed by atoms with Crippen LogP contribution in [0.15, 0.2) is 42.5 Å². The fourth-order valence-electron chi connectivity index (χ4n) is 4.42. The SMILES string of the molecule is CC(C)N1CCc2c(sc(NC(=O)c3cc(C(F)(F)F)cc(C(F)(F)F)c3)c2-c2nc3ccccc3s2)C1. The lowest BCUT2D eigenvalue weighted by Crippen LogP contribution is -2.35. The number of nitrogens with zero attached hydrogens (tertiary/aromatic N) is 2. The number of thiophene rings is 1. The normalized spacial score (nSPS) is 14.8. The first-order valence-electron chi connectivity index (χ1n) is 11.7. The van der Waals surface area contributed by atoms with Gasteiger partial charge in [-0.25, -0.2) is 4.98 Å². The van der Waals surface area contributed by atoms with E-state index in [1.807, 2.05) is 24.3 Å². The van der Waals surface area contributed by atoms with Gasteiger partial charge in [-0.15, -0.1) is 22.7 Å². The second kappa shape index (κ2) is 9.65. The molecule has 0 aliphatic carbocycles. The molecule has 1 N–H and O–H groups in total. The largest absolute Gasteiger partial charge is 0.416 e. The van der Waals surface area contributed by atoms with Gasteiger partial charge in [-0.1, -0.05) is 12.1 Å². The van der Waals surface area contributed by atoms with Gasteiger partial charge < -0.3 is 5.32 Å². The topological polar surface area (TPSA) is 45.2 Å². The summed E-state index contributed by atoms with van der Waals surface area (Å²) in [5.41, 5.74) is -1.38. The van der Waals surface area contributed by atoms with Crippen LogP contribution in [0.1, 0.15) is 45.8 Å². The lowest BCUT2D eigenvalue weighted by atomic mass is 10.0. The summed E-state index contributed by atoms with van der Waals surface area (Å²) in [5, 5.41) is 3.61. The number of halogens is 6. The minimum atomic E-state index is -5.05. The van der Waals surface area contributed by atoms with Crippen LogP contribution in [0, 0.1) is 0 Å². The van der Waals surface area contributed by atoms with Gasteiger partial charge in [0.05, 0.1) is 21.3 Å². The molecule has 1 aliphatic heterocycles. The van der Waals surface area contributed by atoms with E-state index in [1.165, 1.54) is 22.7 Å². The fourth-order valence-corrected chi connectivity index (χ4v) is 6.80. The molecule has 5 rings (SSSR count). The number of fused-ring (bicyclic) bond motifs is 2. The number of carbonyl (C=O) groups excluding carboxylic acids is 1.